The molecule has 0 aliphatic rings. The molecule has 1 N–H and O–H groups in total. The van der Waals surface area contributed by atoms with Crippen LogP contribution in [0, 0.1) is 0 Å². The molecule has 2 aromatic rings. The minimum absolute atomic E-state index is 0.350. The molecule has 0 aliphatic heterocycles. The summed E-state index contributed by atoms with van der Waals surface area (Å²) in [6.07, 6.45) is 2.71. The lowest BCUT2D eigenvalue weighted by Crippen LogP contribution is -1.92. The molecule has 1 aromatic carbocycles. The molecule has 0 radical (unpaired) electrons. The third kappa shape index (κ3) is 2.87. The SMILES string of the molecule is CCC(C)c1ccc(-c2ccnc(OC)c2)cc1O. The molecule has 1 unspecified atom stereocenters. The largest absolute Gasteiger partial charge is 0.508 e. The molecule has 0 fully saturated rings. The Labute approximate surface area is 113 Å². The van der Waals surface area contributed by atoms with E-state index in [4.69, 9.17) is 4.74 Å². The number of phenols is 1. The maximum absolute atomic E-state index is 10.1. The van der Waals surface area contributed by atoms with E-state index in [1.807, 2.05) is 24.3 Å². The van der Waals surface area contributed by atoms with Gasteiger partial charge < -0.3 is 9.84 Å². The van der Waals surface area contributed by atoms with Crippen LogP contribution < -0.4 is 4.74 Å². The van der Waals surface area contributed by atoms with Crippen molar-refractivity contribution in [2.45, 2.75) is 26.2 Å². The van der Waals surface area contributed by atoms with Gasteiger partial charge in [-0.15, -0.1) is 0 Å². The zero-order chi connectivity index (χ0) is 13.8. The highest BCUT2D eigenvalue weighted by Gasteiger charge is 2.10. The highest BCUT2D eigenvalue weighted by Crippen LogP contribution is 2.32. The third-order valence-electron chi connectivity index (χ3n) is 3.45. The van der Waals surface area contributed by atoms with Crippen LogP contribution in [-0.4, -0.2) is 17.2 Å². The first-order valence-electron chi connectivity index (χ1n) is 6.49. The van der Waals surface area contributed by atoms with E-state index in [2.05, 4.69) is 18.8 Å². The highest BCUT2D eigenvalue weighted by atomic mass is 16.5. The number of methoxy groups -OCH3 is 1. The molecule has 0 aliphatic carbocycles. The Hall–Kier alpha value is -2.03. The van der Waals surface area contributed by atoms with E-state index in [0.717, 1.165) is 23.1 Å². The number of benzene rings is 1. The molecule has 3 heteroatoms. The molecule has 0 saturated heterocycles. The molecule has 3 nitrogen and oxygen atoms in total. The number of rotatable bonds is 4. The number of phenolic OH excluding ortho intramolecular Hbond substituents is 1. The van der Waals surface area contributed by atoms with Crippen LogP contribution in [-0.2, 0) is 0 Å². The van der Waals surface area contributed by atoms with Gasteiger partial charge in [0.1, 0.15) is 5.75 Å². The second-order valence-electron chi connectivity index (χ2n) is 4.67. The fraction of sp³-hybridized carbons (Fsp3) is 0.312. The van der Waals surface area contributed by atoms with Crippen LogP contribution in [0.25, 0.3) is 11.1 Å². The van der Waals surface area contributed by atoms with Gasteiger partial charge in [-0.2, -0.15) is 0 Å². The lowest BCUT2D eigenvalue weighted by molar-refractivity contribution is 0.398. The lowest BCUT2D eigenvalue weighted by atomic mass is 9.95. The summed E-state index contributed by atoms with van der Waals surface area (Å²) < 4.78 is 5.11. The summed E-state index contributed by atoms with van der Waals surface area (Å²) in [5, 5.41) is 10.1. The van der Waals surface area contributed by atoms with E-state index < -0.39 is 0 Å². The molecule has 100 valence electrons. The summed E-state index contributed by atoms with van der Waals surface area (Å²) in [6.45, 7) is 4.23. The van der Waals surface area contributed by atoms with Crippen molar-refractivity contribution in [3.05, 3.63) is 42.1 Å². The smallest absolute Gasteiger partial charge is 0.213 e. The Morgan fingerprint density at radius 2 is 1.95 bits per heavy atom. The summed E-state index contributed by atoms with van der Waals surface area (Å²) in [4.78, 5) is 4.08. The second kappa shape index (κ2) is 5.74. The fourth-order valence-corrected chi connectivity index (χ4v) is 2.06. The average molecular weight is 257 g/mol. The summed E-state index contributed by atoms with van der Waals surface area (Å²) in [7, 11) is 1.59. The van der Waals surface area contributed by atoms with Gasteiger partial charge in [0.05, 0.1) is 7.11 Å². The van der Waals surface area contributed by atoms with Crippen molar-refractivity contribution in [2.75, 3.05) is 7.11 Å². The number of aromatic nitrogens is 1. The summed E-state index contributed by atoms with van der Waals surface area (Å²) in [5.41, 5.74) is 2.94. The average Bonchev–Trinajstić information content (AvgIpc) is 2.46. The van der Waals surface area contributed by atoms with Crippen LogP contribution in [0.5, 0.6) is 11.6 Å². The Balaban J connectivity index is 2.38. The normalized spacial score (nSPS) is 12.2. The Morgan fingerprint density at radius 1 is 1.21 bits per heavy atom. The van der Waals surface area contributed by atoms with Crippen molar-refractivity contribution in [3.8, 4) is 22.8 Å². The first-order chi connectivity index (χ1) is 9.15. The van der Waals surface area contributed by atoms with E-state index in [0.29, 0.717) is 17.5 Å². The quantitative estimate of drug-likeness (QED) is 0.901. The van der Waals surface area contributed by atoms with Crippen molar-refractivity contribution in [3.63, 3.8) is 0 Å². The second-order valence-corrected chi connectivity index (χ2v) is 4.67. The molecule has 0 amide bonds. The first-order valence-corrected chi connectivity index (χ1v) is 6.49. The third-order valence-corrected chi connectivity index (χ3v) is 3.45. The Kier molecular flexibility index (Phi) is 4.05. The van der Waals surface area contributed by atoms with Crippen LogP contribution in [0.4, 0.5) is 0 Å². The van der Waals surface area contributed by atoms with Gasteiger partial charge in [0.2, 0.25) is 5.88 Å². The molecule has 1 heterocycles. The van der Waals surface area contributed by atoms with Crippen LogP contribution in [0.1, 0.15) is 31.7 Å². The maximum atomic E-state index is 10.1. The monoisotopic (exact) mass is 257 g/mol. The van der Waals surface area contributed by atoms with Gasteiger partial charge in [0.25, 0.3) is 0 Å². The highest BCUT2D eigenvalue weighted by molar-refractivity contribution is 5.66. The molecule has 1 atom stereocenters. The molecule has 1 aromatic heterocycles. The number of nitrogens with zero attached hydrogens (tertiary/aromatic N) is 1. The van der Waals surface area contributed by atoms with Crippen molar-refractivity contribution < 1.29 is 9.84 Å². The standard InChI is InChI=1S/C16H19NO2/c1-4-11(2)14-6-5-12(9-15(14)18)13-7-8-17-16(10-13)19-3/h5-11,18H,4H2,1-3H3. The topological polar surface area (TPSA) is 42.4 Å². The van der Waals surface area contributed by atoms with Gasteiger partial charge in [0, 0.05) is 12.3 Å². The molecular weight excluding hydrogens is 238 g/mol. The zero-order valence-electron chi connectivity index (χ0n) is 11.6. The molecular formula is C16H19NO2. The van der Waals surface area contributed by atoms with Crippen molar-refractivity contribution >= 4 is 0 Å². The lowest BCUT2D eigenvalue weighted by Gasteiger charge is -2.12. The van der Waals surface area contributed by atoms with E-state index in [1.54, 1.807) is 19.4 Å². The van der Waals surface area contributed by atoms with E-state index in [9.17, 15) is 5.11 Å². The molecule has 19 heavy (non-hydrogen) atoms. The van der Waals surface area contributed by atoms with E-state index in [-0.39, 0.29) is 0 Å². The molecule has 2 rings (SSSR count). The molecule has 0 saturated carbocycles. The van der Waals surface area contributed by atoms with Crippen molar-refractivity contribution in [2.24, 2.45) is 0 Å². The zero-order valence-corrected chi connectivity index (χ0v) is 11.6. The molecule has 0 bridgehead atoms. The van der Waals surface area contributed by atoms with Gasteiger partial charge in [0.15, 0.2) is 0 Å². The van der Waals surface area contributed by atoms with Crippen molar-refractivity contribution in [1.82, 2.24) is 4.98 Å². The van der Waals surface area contributed by atoms with Crippen LogP contribution in [0.3, 0.4) is 0 Å². The number of pyridine rings is 1. The van der Waals surface area contributed by atoms with Crippen LogP contribution >= 0.6 is 0 Å². The van der Waals surface area contributed by atoms with Crippen LogP contribution in [0.2, 0.25) is 0 Å². The molecule has 0 spiro atoms. The Morgan fingerprint density at radius 3 is 2.58 bits per heavy atom. The van der Waals surface area contributed by atoms with Gasteiger partial charge in [-0.3, -0.25) is 0 Å². The Bertz CT molecular complexity index is 566. The van der Waals surface area contributed by atoms with Crippen molar-refractivity contribution in [1.29, 1.82) is 0 Å². The van der Waals surface area contributed by atoms with E-state index >= 15 is 0 Å². The number of ether oxygens (including phenoxy) is 1. The van der Waals surface area contributed by atoms with Gasteiger partial charge in [-0.25, -0.2) is 4.98 Å². The predicted octanol–water partition coefficient (Wildman–Crippen LogP) is 3.98. The summed E-state index contributed by atoms with van der Waals surface area (Å²) in [5.74, 6) is 1.28. The number of aromatic hydroxyl groups is 1. The van der Waals surface area contributed by atoms with Gasteiger partial charge in [-0.1, -0.05) is 26.0 Å². The van der Waals surface area contributed by atoms with E-state index in [1.165, 1.54) is 0 Å². The summed E-state index contributed by atoms with van der Waals surface area (Å²) >= 11 is 0. The first kappa shape index (κ1) is 13.4. The maximum Gasteiger partial charge on any atom is 0.213 e. The van der Waals surface area contributed by atoms with Gasteiger partial charge in [-0.05, 0) is 41.2 Å². The number of hydrogen-bond donors (Lipinski definition) is 1. The van der Waals surface area contributed by atoms with Gasteiger partial charge >= 0.3 is 0 Å². The summed E-state index contributed by atoms with van der Waals surface area (Å²) in [6, 6.07) is 9.58. The number of hydrogen-bond acceptors (Lipinski definition) is 3. The minimum atomic E-state index is 0.350. The minimum Gasteiger partial charge on any atom is -0.508 e. The van der Waals surface area contributed by atoms with Crippen LogP contribution in [0.15, 0.2) is 36.5 Å². The predicted molar refractivity (Wildman–Crippen MR) is 76.6 cm³/mol. The fourth-order valence-electron chi connectivity index (χ4n) is 2.06.